The molecule has 0 spiro atoms. The summed E-state index contributed by atoms with van der Waals surface area (Å²) in [7, 11) is 0. The Labute approximate surface area is 85.9 Å². The fourth-order valence-electron chi connectivity index (χ4n) is 3.80. The zero-order valence-corrected chi connectivity index (χ0v) is 8.73. The summed E-state index contributed by atoms with van der Waals surface area (Å²) in [4.78, 5) is 0. The van der Waals surface area contributed by atoms with Crippen molar-refractivity contribution in [2.45, 2.75) is 50.7 Å². The third-order valence-corrected chi connectivity index (χ3v) is 4.76. The zero-order valence-electron chi connectivity index (χ0n) is 8.73. The van der Waals surface area contributed by atoms with Gasteiger partial charge >= 0.3 is 0 Å². The molecule has 3 fully saturated rings. The summed E-state index contributed by atoms with van der Waals surface area (Å²) >= 11 is 0. The molecule has 14 heavy (non-hydrogen) atoms. The minimum Gasteiger partial charge on any atom is -0.393 e. The average molecular weight is 195 g/mol. The topological polar surface area (TPSA) is 46.2 Å². The second-order valence-corrected chi connectivity index (χ2v) is 5.73. The van der Waals surface area contributed by atoms with Crippen LogP contribution in [0, 0.1) is 23.7 Å². The standard InChI is InChI=1S/C12H21NO/c13-12-9-4-3-8(6-9)11(12)10(14)5-7-1-2-7/h7-12,14H,1-6,13H2. The van der Waals surface area contributed by atoms with Gasteiger partial charge in [0.15, 0.2) is 0 Å². The molecule has 0 aliphatic heterocycles. The van der Waals surface area contributed by atoms with E-state index in [-0.39, 0.29) is 6.10 Å². The molecular weight excluding hydrogens is 174 g/mol. The first-order valence-corrected chi connectivity index (χ1v) is 6.19. The Kier molecular flexibility index (Phi) is 2.10. The minimum absolute atomic E-state index is 0.0900. The van der Waals surface area contributed by atoms with Gasteiger partial charge in [0, 0.05) is 12.0 Å². The van der Waals surface area contributed by atoms with Gasteiger partial charge in [0.1, 0.15) is 0 Å². The van der Waals surface area contributed by atoms with Crippen molar-refractivity contribution < 1.29 is 5.11 Å². The average Bonchev–Trinajstić information content (AvgIpc) is 2.76. The highest BCUT2D eigenvalue weighted by atomic mass is 16.3. The van der Waals surface area contributed by atoms with E-state index < -0.39 is 0 Å². The normalized spacial score (nSPS) is 48.4. The van der Waals surface area contributed by atoms with E-state index in [4.69, 9.17) is 5.73 Å². The molecule has 0 amide bonds. The van der Waals surface area contributed by atoms with E-state index in [9.17, 15) is 5.11 Å². The largest absolute Gasteiger partial charge is 0.393 e. The molecule has 3 rings (SSSR count). The van der Waals surface area contributed by atoms with Crippen LogP contribution in [-0.2, 0) is 0 Å². The van der Waals surface area contributed by atoms with Gasteiger partial charge < -0.3 is 10.8 Å². The van der Waals surface area contributed by atoms with Gasteiger partial charge in [-0.2, -0.15) is 0 Å². The highest BCUT2D eigenvalue weighted by Crippen LogP contribution is 2.50. The van der Waals surface area contributed by atoms with Crippen molar-refractivity contribution in [1.29, 1.82) is 0 Å². The zero-order chi connectivity index (χ0) is 9.71. The number of aliphatic hydroxyl groups excluding tert-OH is 1. The van der Waals surface area contributed by atoms with Gasteiger partial charge in [-0.3, -0.25) is 0 Å². The fourth-order valence-corrected chi connectivity index (χ4v) is 3.80. The van der Waals surface area contributed by atoms with Crippen molar-refractivity contribution in [3.05, 3.63) is 0 Å². The quantitative estimate of drug-likeness (QED) is 0.717. The molecule has 2 nitrogen and oxygen atoms in total. The van der Waals surface area contributed by atoms with Crippen LogP contribution >= 0.6 is 0 Å². The monoisotopic (exact) mass is 195 g/mol. The Morgan fingerprint density at radius 3 is 2.43 bits per heavy atom. The van der Waals surface area contributed by atoms with Crippen molar-refractivity contribution in [2.75, 3.05) is 0 Å². The second-order valence-electron chi connectivity index (χ2n) is 5.73. The van der Waals surface area contributed by atoms with E-state index in [2.05, 4.69) is 0 Å². The maximum absolute atomic E-state index is 10.2. The third-order valence-electron chi connectivity index (χ3n) is 4.76. The predicted molar refractivity (Wildman–Crippen MR) is 55.6 cm³/mol. The number of aliphatic hydroxyl groups is 1. The SMILES string of the molecule is NC1C2CCC(C2)C1C(O)CC1CC1. The maximum atomic E-state index is 10.2. The summed E-state index contributed by atoms with van der Waals surface area (Å²) in [6.45, 7) is 0. The lowest BCUT2D eigenvalue weighted by Crippen LogP contribution is -2.42. The van der Waals surface area contributed by atoms with Crippen LogP contribution in [0.2, 0.25) is 0 Å². The van der Waals surface area contributed by atoms with Crippen LogP contribution in [0.1, 0.15) is 38.5 Å². The van der Waals surface area contributed by atoms with Crippen LogP contribution in [0.3, 0.4) is 0 Å². The molecule has 3 N–H and O–H groups in total. The Balaban J connectivity index is 1.65. The van der Waals surface area contributed by atoms with Gasteiger partial charge in [0.05, 0.1) is 6.10 Å². The van der Waals surface area contributed by atoms with E-state index in [1.807, 2.05) is 0 Å². The molecule has 5 unspecified atom stereocenters. The molecule has 0 saturated heterocycles. The summed E-state index contributed by atoms with van der Waals surface area (Å²) < 4.78 is 0. The first-order chi connectivity index (χ1) is 6.75. The number of nitrogens with two attached hydrogens (primary N) is 1. The number of rotatable bonds is 3. The molecular formula is C12H21NO. The van der Waals surface area contributed by atoms with Crippen LogP contribution in [0.5, 0.6) is 0 Å². The maximum Gasteiger partial charge on any atom is 0.0588 e. The van der Waals surface area contributed by atoms with Crippen LogP contribution in [-0.4, -0.2) is 17.3 Å². The summed E-state index contributed by atoms with van der Waals surface area (Å²) in [5, 5.41) is 10.2. The number of hydrogen-bond donors (Lipinski definition) is 2. The lowest BCUT2D eigenvalue weighted by atomic mass is 9.80. The Morgan fingerprint density at radius 2 is 1.86 bits per heavy atom. The molecule has 0 heterocycles. The molecule has 3 aliphatic carbocycles. The van der Waals surface area contributed by atoms with Crippen LogP contribution in [0.15, 0.2) is 0 Å². The molecule has 0 aromatic heterocycles. The summed E-state index contributed by atoms with van der Waals surface area (Å²) in [5.74, 6) is 2.76. The van der Waals surface area contributed by atoms with Gasteiger partial charge in [-0.15, -0.1) is 0 Å². The highest BCUT2D eigenvalue weighted by Gasteiger charge is 2.49. The van der Waals surface area contributed by atoms with Gasteiger partial charge in [0.25, 0.3) is 0 Å². The van der Waals surface area contributed by atoms with Crippen LogP contribution in [0.25, 0.3) is 0 Å². The first kappa shape index (κ1) is 9.17. The number of hydrogen-bond acceptors (Lipinski definition) is 2. The van der Waals surface area contributed by atoms with Crippen LogP contribution in [0.4, 0.5) is 0 Å². The van der Waals surface area contributed by atoms with Crippen molar-refractivity contribution >= 4 is 0 Å². The molecule has 3 saturated carbocycles. The van der Waals surface area contributed by atoms with E-state index >= 15 is 0 Å². The predicted octanol–water partition coefficient (Wildman–Crippen LogP) is 1.52. The molecule has 2 heteroatoms. The second kappa shape index (κ2) is 3.21. The third kappa shape index (κ3) is 1.40. The van der Waals surface area contributed by atoms with E-state index in [0.29, 0.717) is 12.0 Å². The van der Waals surface area contributed by atoms with Crippen molar-refractivity contribution in [1.82, 2.24) is 0 Å². The minimum atomic E-state index is -0.0900. The summed E-state index contributed by atoms with van der Waals surface area (Å²) in [6.07, 6.45) is 7.56. The molecule has 0 radical (unpaired) electrons. The molecule has 0 aromatic carbocycles. The van der Waals surface area contributed by atoms with Crippen molar-refractivity contribution in [3.8, 4) is 0 Å². The highest BCUT2D eigenvalue weighted by molar-refractivity contribution is 5.02. The summed E-state index contributed by atoms with van der Waals surface area (Å²) in [6, 6.07) is 0.308. The van der Waals surface area contributed by atoms with E-state index in [1.165, 1.54) is 32.1 Å². The molecule has 0 aromatic rings. The molecule has 3 aliphatic rings. The summed E-state index contributed by atoms with van der Waals surface area (Å²) in [5.41, 5.74) is 6.20. The molecule has 80 valence electrons. The Hall–Kier alpha value is -0.0800. The Morgan fingerprint density at radius 1 is 1.14 bits per heavy atom. The van der Waals surface area contributed by atoms with Gasteiger partial charge in [-0.25, -0.2) is 0 Å². The van der Waals surface area contributed by atoms with E-state index in [0.717, 1.165) is 24.2 Å². The van der Waals surface area contributed by atoms with Gasteiger partial charge in [0.2, 0.25) is 0 Å². The lowest BCUT2D eigenvalue weighted by Gasteiger charge is -2.32. The Bertz CT molecular complexity index is 224. The van der Waals surface area contributed by atoms with Crippen molar-refractivity contribution in [2.24, 2.45) is 29.4 Å². The molecule has 2 bridgehead atoms. The number of fused-ring (bicyclic) bond motifs is 2. The van der Waals surface area contributed by atoms with Gasteiger partial charge in [-0.1, -0.05) is 12.8 Å². The fraction of sp³-hybridized carbons (Fsp3) is 1.00. The molecule has 5 atom stereocenters. The lowest BCUT2D eigenvalue weighted by molar-refractivity contribution is 0.0523. The van der Waals surface area contributed by atoms with Crippen molar-refractivity contribution in [3.63, 3.8) is 0 Å². The van der Waals surface area contributed by atoms with E-state index in [1.54, 1.807) is 0 Å². The van der Waals surface area contributed by atoms with Crippen LogP contribution < -0.4 is 5.73 Å². The van der Waals surface area contributed by atoms with Gasteiger partial charge in [-0.05, 0) is 43.4 Å². The first-order valence-electron chi connectivity index (χ1n) is 6.19. The smallest absolute Gasteiger partial charge is 0.0588 e.